The van der Waals surface area contributed by atoms with Crippen LogP contribution in [-0.2, 0) is 6.54 Å². The first-order valence-corrected chi connectivity index (χ1v) is 7.83. The van der Waals surface area contributed by atoms with Crippen molar-refractivity contribution >= 4 is 5.97 Å². The van der Waals surface area contributed by atoms with E-state index in [0.29, 0.717) is 18.2 Å². The predicted molar refractivity (Wildman–Crippen MR) is 83.7 cm³/mol. The lowest BCUT2D eigenvalue weighted by molar-refractivity contribution is 0.0693. The summed E-state index contributed by atoms with van der Waals surface area (Å²) in [6, 6.07) is 4.43. The molecule has 0 saturated heterocycles. The van der Waals surface area contributed by atoms with Gasteiger partial charge in [-0.05, 0) is 31.0 Å². The molecule has 1 aromatic carbocycles. The van der Waals surface area contributed by atoms with Gasteiger partial charge in [-0.15, -0.1) is 5.10 Å². The van der Waals surface area contributed by atoms with Crippen LogP contribution in [0.25, 0.3) is 5.69 Å². The maximum atomic E-state index is 11.2. The van der Waals surface area contributed by atoms with Crippen LogP contribution in [-0.4, -0.2) is 31.2 Å². The Morgan fingerprint density at radius 2 is 2.04 bits per heavy atom. The second-order valence-electron chi connectivity index (χ2n) is 5.88. The Morgan fingerprint density at radius 1 is 1.30 bits per heavy atom. The van der Waals surface area contributed by atoms with Gasteiger partial charge in [0.25, 0.3) is 0 Å². The number of aromatic nitrogens is 3. The Bertz CT molecular complexity index is 720. The van der Waals surface area contributed by atoms with E-state index in [9.17, 15) is 15.0 Å². The Kier molecular flexibility index (Phi) is 4.29. The summed E-state index contributed by atoms with van der Waals surface area (Å²) >= 11 is 0. The van der Waals surface area contributed by atoms with E-state index < -0.39 is 5.97 Å². The fraction of sp³-hybridized carbons (Fsp3) is 0.438. The van der Waals surface area contributed by atoms with Crippen molar-refractivity contribution in [2.75, 3.05) is 0 Å². The molecule has 1 fully saturated rings. The number of carboxylic acids is 1. The van der Waals surface area contributed by atoms with E-state index in [-0.39, 0.29) is 11.3 Å². The first-order chi connectivity index (χ1) is 11.1. The lowest BCUT2D eigenvalue weighted by atomic mass is 9.86. The molecule has 0 atom stereocenters. The van der Waals surface area contributed by atoms with Crippen LogP contribution in [0.2, 0.25) is 0 Å². The van der Waals surface area contributed by atoms with Crippen molar-refractivity contribution in [2.45, 2.75) is 44.6 Å². The topological polar surface area (TPSA) is 114 Å². The van der Waals surface area contributed by atoms with Crippen LogP contribution < -0.4 is 5.73 Å². The highest BCUT2D eigenvalue weighted by atomic mass is 16.4. The molecule has 3 rings (SSSR count). The van der Waals surface area contributed by atoms with Gasteiger partial charge in [0.2, 0.25) is 0 Å². The van der Waals surface area contributed by atoms with Crippen molar-refractivity contribution in [3.05, 3.63) is 35.2 Å². The SMILES string of the molecule is NCc1nnn(-c2ccc(O)c(C(=O)O)c2)c1C1CCCCC1. The summed E-state index contributed by atoms with van der Waals surface area (Å²) in [6.07, 6.45) is 5.68. The second kappa shape index (κ2) is 6.37. The van der Waals surface area contributed by atoms with Crippen molar-refractivity contribution in [1.29, 1.82) is 0 Å². The van der Waals surface area contributed by atoms with E-state index in [4.69, 9.17) is 5.73 Å². The van der Waals surface area contributed by atoms with Gasteiger partial charge in [0.15, 0.2) is 0 Å². The van der Waals surface area contributed by atoms with Gasteiger partial charge < -0.3 is 15.9 Å². The number of hydrogen-bond donors (Lipinski definition) is 3. The lowest BCUT2D eigenvalue weighted by Crippen LogP contribution is -2.14. The van der Waals surface area contributed by atoms with E-state index in [1.807, 2.05) is 0 Å². The number of hydrogen-bond acceptors (Lipinski definition) is 5. The number of benzene rings is 1. The molecule has 0 spiro atoms. The zero-order chi connectivity index (χ0) is 16.4. The largest absolute Gasteiger partial charge is 0.507 e. The summed E-state index contributed by atoms with van der Waals surface area (Å²) in [5, 5.41) is 27.2. The van der Waals surface area contributed by atoms with Gasteiger partial charge >= 0.3 is 5.97 Å². The number of aromatic hydroxyl groups is 1. The highest BCUT2D eigenvalue weighted by molar-refractivity contribution is 5.91. The summed E-state index contributed by atoms with van der Waals surface area (Å²) in [6.45, 7) is 0.301. The van der Waals surface area contributed by atoms with Gasteiger partial charge in [0.1, 0.15) is 17.0 Å². The smallest absolute Gasteiger partial charge is 0.339 e. The number of carboxylic acid groups (broad SMARTS) is 1. The number of aromatic carboxylic acids is 1. The summed E-state index contributed by atoms with van der Waals surface area (Å²) in [7, 11) is 0. The first kappa shape index (κ1) is 15.5. The Labute approximate surface area is 133 Å². The van der Waals surface area contributed by atoms with E-state index in [1.54, 1.807) is 10.7 Å². The molecule has 0 amide bonds. The lowest BCUT2D eigenvalue weighted by Gasteiger charge is -2.23. The molecular formula is C16H20N4O3. The Morgan fingerprint density at radius 3 is 2.70 bits per heavy atom. The van der Waals surface area contributed by atoms with Gasteiger partial charge in [-0.25, -0.2) is 9.48 Å². The van der Waals surface area contributed by atoms with E-state index in [1.165, 1.54) is 18.6 Å². The third-order valence-electron chi connectivity index (χ3n) is 4.42. The number of nitrogens with zero attached hydrogens (tertiary/aromatic N) is 3. The second-order valence-corrected chi connectivity index (χ2v) is 5.88. The average molecular weight is 316 g/mol. The van der Waals surface area contributed by atoms with Crippen LogP contribution in [0, 0.1) is 0 Å². The third kappa shape index (κ3) is 2.92. The van der Waals surface area contributed by atoms with Crippen LogP contribution in [0.3, 0.4) is 0 Å². The number of phenols is 1. The third-order valence-corrected chi connectivity index (χ3v) is 4.42. The first-order valence-electron chi connectivity index (χ1n) is 7.83. The quantitative estimate of drug-likeness (QED) is 0.796. The Hall–Kier alpha value is -2.41. The van der Waals surface area contributed by atoms with Gasteiger partial charge in [0.05, 0.1) is 11.4 Å². The van der Waals surface area contributed by atoms with Crippen molar-refractivity contribution in [3.63, 3.8) is 0 Å². The fourth-order valence-corrected chi connectivity index (χ4v) is 3.27. The van der Waals surface area contributed by atoms with Crippen molar-refractivity contribution in [3.8, 4) is 11.4 Å². The molecule has 1 saturated carbocycles. The fourth-order valence-electron chi connectivity index (χ4n) is 3.27. The molecule has 0 unspecified atom stereocenters. The van der Waals surface area contributed by atoms with Gasteiger partial charge in [0, 0.05) is 12.5 Å². The van der Waals surface area contributed by atoms with Crippen LogP contribution >= 0.6 is 0 Å². The minimum atomic E-state index is -1.18. The average Bonchev–Trinajstić information content (AvgIpc) is 2.99. The molecule has 4 N–H and O–H groups in total. The minimum absolute atomic E-state index is 0.151. The molecule has 122 valence electrons. The van der Waals surface area contributed by atoms with Crippen molar-refractivity contribution in [2.24, 2.45) is 5.73 Å². The van der Waals surface area contributed by atoms with Gasteiger partial charge in [-0.2, -0.15) is 0 Å². The summed E-state index contributed by atoms with van der Waals surface area (Å²) in [5.74, 6) is -1.11. The maximum Gasteiger partial charge on any atom is 0.339 e. The Balaban J connectivity index is 2.08. The molecule has 0 bridgehead atoms. The maximum absolute atomic E-state index is 11.2. The zero-order valence-corrected chi connectivity index (χ0v) is 12.8. The predicted octanol–water partition coefficient (Wildman–Crippen LogP) is 2.18. The highest BCUT2D eigenvalue weighted by Crippen LogP contribution is 2.35. The molecule has 7 heteroatoms. The van der Waals surface area contributed by atoms with Crippen LogP contribution in [0.15, 0.2) is 18.2 Å². The number of rotatable bonds is 4. The van der Waals surface area contributed by atoms with Gasteiger partial charge in [-0.3, -0.25) is 0 Å². The monoisotopic (exact) mass is 316 g/mol. The molecule has 2 aromatic rings. The number of nitrogens with two attached hydrogens (primary N) is 1. The van der Waals surface area contributed by atoms with E-state index in [2.05, 4.69) is 10.3 Å². The summed E-state index contributed by atoms with van der Waals surface area (Å²) < 4.78 is 1.67. The van der Waals surface area contributed by atoms with E-state index in [0.717, 1.165) is 37.1 Å². The standard InChI is InChI=1S/C16H20N4O3/c17-9-13-15(10-4-2-1-3-5-10)20(19-18-13)11-6-7-14(21)12(8-11)16(22)23/h6-8,10,21H,1-5,9,17H2,(H,22,23). The van der Waals surface area contributed by atoms with Crippen LogP contribution in [0.1, 0.15) is 59.8 Å². The molecular weight excluding hydrogens is 296 g/mol. The molecule has 1 heterocycles. The van der Waals surface area contributed by atoms with Crippen LogP contribution in [0.4, 0.5) is 0 Å². The molecule has 23 heavy (non-hydrogen) atoms. The molecule has 0 aliphatic heterocycles. The summed E-state index contributed by atoms with van der Waals surface area (Å²) in [5.41, 5.74) is 7.95. The zero-order valence-electron chi connectivity index (χ0n) is 12.8. The summed E-state index contributed by atoms with van der Waals surface area (Å²) in [4.78, 5) is 11.2. The van der Waals surface area contributed by atoms with Crippen molar-refractivity contribution in [1.82, 2.24) is 15.0 Å². The molecule has 0 radical (unpaired) electrons. The van der Waals surface area contributed by atoms with E-state index >= 15 is 0 Å². The molecule has 1 aliphatic rings. The minimum Gasteiger partial charge on any atom is -0.507 e. The normalized spacial score (nSPS) is 15.7. The van der Waals surface area contributed by atoms with Crippen LogP contribution in [0.5, 0.6) is 5.75 Å². The molecule has 1 aliphatic carbocycles. The van der Waals surface area contributed by atoms with Gasteiger partial charge in [-0.1, -0.05) is 24.5 Å². The van der Waals surface area contributed by atoms with Crippen molar-refractivity contribution < 1.29 is 15.0 Å². The number of carbonyl (C=O) groups is 1. The molecule has 1 aromatic heterocycles. The molecule has 7 nitrogen and oxygen atoms in total. The highest BCUT2D eigenvalue weighted by Gasteiger charge is 2.25.